The van der Waals surface area contributed by atoms with Crippen molar-refractivity contribution in [3.05, 3.63) is 38.9 Å². The van der Waals surface area contributed by atoms with Gasteiger partial charge in [0.05, 0.1) is 11.5 Å². The number of rotatable bonds is 4. The van der Waals surface area contributed by atoms with E-state index in [1.165, 1.54) is 12.1 Å². The maximum absolute atomic E-state index is 10.8. The summed E-state index contributed by atoms with van der Waals surface area (Å²) in [5.74, 6) is 0. The van der Waals surface area contributed by atoms with Crippen molar-refractivity contribution in [1.29, 1.82) is 0 Å². The minimum atomic E-state index is -0.411. The van der Waals surface area contributed by atoms with Crippen molar-refractivity contribution < 1.29 is 10.0 Å². The molecule has 0 aliphatic carbocycles. The summed E-state index contributed by atoms with van der Waals surface area (Å²) in [6.07, 6.45) is 4.33. The molecule has 1 aromatic carbocycles. The van der Waals surface area contributed by atoms with Gasteiger partial charge in [0.2, 0.25) is 0 Å². The van der Waals surface area contributed by atoms with E-state index in [1.54, 1.807) is 6.07 Å². The normalized spacial score (nSPS) is 20.6. The van der Waals surface area contributed by atoms with Crippen LogP contribution in [-0.2, 0) is 6.54 Å². The first-order valence-corrected chi connectivity index (χ1v) is 7.27. The summed E-state index contributed by atoms with van der Waals surface area (Å²) in [6.45, 7) is 1.56. The lowest BCUT2D eigenvalue weighted by Crippen LogP contribution is -2.37. The van der Waals surface area contributed by atoms with Gasteiger partial charge in [0, 0.05) is 29.7 Å². The minimum absolute atomic E-state index is 0.0553. The number of nitrogens with zero attached hydrogens (tertiary/aromatic N) is 2. The fourth-order valence-electron chi connectivity index (χ4n) is 2.67. The average molecular weight is 299 g/mol. The van der Waals surface area contributed by atoms with E-state index < -0.39 is 4.92 Å². The van der Waals surface area contributed by atoms with E-state index in [-0.39, 0.29) is 18.3 Å². The van der Waals surface area contributed by atoms with Crippen molar-refractivity contribution in [2.24, 2.45) is 0 Å². The molecule has 0 amide bonds. The molecule has 1 aromatic rings. The predicted molar refractivity (Wildman–Crippen MR) is 77.9 cm³/mol. The van der Waals surface area contributed by atoms with Gasteiger partial charge >= 0.3 is 0 Å². The number of aliphatic hydroxyl groups excluding tert-OH is 1. The zero-order valence-corrected chi connectivity index (χ0v) is 12.1. The van der Waals surface area contributed by atoms with E-state index in [1.807, 2.05) is 0 Å². The minimum Gasteiger partial charge on any atom is -0.395 e. The van der Waals surface area contributed by atoms with E-state index >= 15 is 0 Å². The second-order valence-electron chi connectivity index (χ2n) is 5.19. The Morgan fingerprint density at radius 2 is 2.20 bits per heavy atom. The largest absolute Gasteiger partial charge is 0.395 e. The van der Waals surface area contributed by atoms with Gasteiger partial charge in [0.1, 0.15) is 0 Å². The Morgan fingerprint density at radius 1 is 1.40 bits per heavy atom. The smallest absolute Gasteiger partial charge is 0.269 e. The molecule has 110 valence electrons. The molecular formula is C14H19ClN2O3. The predicted octanol–water partition coefficient (Wildman–Crippen LogP) is 2.99. The number of likely N-dealkylation sites (tertiary alicyclic amines) is 1. The lowest BCUT2D eigenvalue weighted by atomic mass is 10.1. The lowest BCUT2D eigenvalue weighted by Gasteiger charge is -2.28. The molecule has 0 saturated carbocycles. The fourth-order valence-corrected chi connectivity index (χ4v) is 2.84. The molecule has 0 spiro atoms. The van der Waals surface area contributed by atoms with Crippen molar-refractivity contribution in [1.82, 2.24) is 4.90 Å². The van der Waals surface area contributed by atoms with Crippen LogP contribution in [0, 0.1) is 10.1 Å². The van der Waals surface area contributed by atoms with Gasteiger partial charge < -0.3 is 5.11 Å². The van der Waals surface area contributed by atoms with Crippen LogP contribution >= 0.6 is 11.6 Å². The second kappa shape index (κ2) is 7.02. The van der Waals surface area contributed by atoms with Crippen LogP contribution in [0.25, 0.3) is 0 Å². The maximum Gasteiger partial charge on any atom is 0.269 e. The first-order chi connectivity index (χ1) is 9.61. The zero-order valence-electron chi connectivity index (χ0n) is 11.3. The molecule has 1 fully saturated rings. The Hall–Kier alpha value is -1.17. The summed E-state index contributed by atoms with van der Waals surface area (Å²) in [7, 11) is 0. The molecule has 2 rings (SSSR count). The molecule has 1 N–H and O–H groups in total. The highest BCUT2D eigenvalue weighted by molar-refractivity contribution is 6.31. The molecule has 0 aromatic heterocycles. The zero-order chi connectivity index (χ0) is 14.5. The Balaban J connectivity index is 2.18. The highest BCUT2D eigenvalue weighted by Crippen LogP contribution is 2.26. The maximum atomic E-state index is 10.8. The van der Waals surface area contributed by atoms with Crippen LogP contribution < -0.4 is 0 Å². The Labute approximate surface area is 123 Å². The first-order valence-electron chi connectivity index (χ1n) is 6.89. The molecular weight excluding hydrogens is 280 g/mol. The number of nitro groups is 1. The molecule has 5 nitrogen and oxygen atoms in total. The van der Waals surface area contributed by atoms with Crippen molar-refractivity contribution in [2.45, 2.75) is 38.3 Å². The van der Waals surface area contributed by atoms with Gasteiger partial charge in [-0.2, -0.15) is 0 Å². The summed E-state index contributed by atoms with van der Waals surface area (Å²) in [5.41, 5.74) is 0.806. The quantitative estimate of drug-likeness (QED) is 0.685. The van der Waals surface area contributed by atoms with E-state index in [4.69, 9.17) is 11.6 Å². The van der Waals surface area contributed by atoms with E-state index in [9.17, 15) is 15.2 Å². The van der Waals surface area contributed by atoms with Crippen LogP contribution in [0.2, 0.25) is 5.02 Å². The Kier molecular flexibility index (Phi) is 5.34. The highest BCUT2D eigenvalue weighted by atomic mass is 35.5. The SMILES string of the molecule is O=[N+]([O-])c1ccc(Cl)c(CN2CCCCCC2CO)c1. The molecule has 0 bridgehead atoms. The third-order valence-corrected chi connectivity index (χ3v) is 4.19. The fraction of sp³-hybridized carbons (Fsp3) is 0.571. The third-order valence-electron chi connectivity index (χ3n) is 3.82. The van der Waals surface area contributed by atoms with Gasteiger partial charge in [-0.3, -0.25) is 15.0 Å². The molecule has 1 saturated heterocycles. The van der Waals surface area contributed by atoms with Gasteiger partial charge in [-0.1, -0.05) is 24.4 Å². The monoisotopic (exact) mass is 298 g/mol. The number of nitro benzene ring substituents is 1. The van der Waals surface area contributed by atoms with Crippen LogP contribution in [0.15, 0.2) is 18.2 Å². The second-order valence-corrected chi connectivity index (χ2v) is 5.60. The Bertz CT molecular complexity index is 481. The molecule has 1 heterocycles. The van der Waals surface area contributed by atoms with E-state index in [0.717, 1.165) is 37.8 Å². The van der Waals surface area contributed by atoms with Crippen molar-refractivity contribution in [3.8, 4) is 0 Å². The molecule has 1 atom stereocenters. The van der Waals surface area contributed by atoms with Crippen LogP contribution in [-0.4, -0.2) is 34.1 Å². The number of aliphatic hydroxyl groups is 1. The van der Waals surface area contributed by atoms with Crippen LogP contribution in [0.3, 0.4) is 0 Å². The van der Waals surface area contributed by atoms with Gasteiger partial charge in [-0.05, 0) is 31.0 Å². The number of halogens is 1. The first kappa shape index (κ1) is 15.2. The van der Waals surface area contributed by atoms with Crippen molar-refractivity contribution >= 4 is 17.3 Å². The van der Waals surface area contributed by atoms with Crippen LogP contribution in [0.4, 0.5) is 5.69 Å². The molecule has 20 heavy (non-hydrogen) atoms. The molecule has 6 heteroatoms. The number of non-ortho nitro benzene ring substituents is 1. The summed E-state index contributed by atoms with van der Waals surface area (Å²) in [6, 6.07) is 4.63. The summed E-state index contributed by atoms with van der Waals surface area (Å²) in [5, 5.41) is 20.9. The van der Waals surface area contributed by atoms with Crippen LogP contribution in [0.5, 0.6) is 0 Å². The van der Waals surface area contributed by atoms with Crippen molar-refractivity contribution in [3.63, 3.8) is 0 Å². The van der Waals surface area contributed by atoms with Crippen LogP contribution in [0.1, 0.15) is 31.2 Å². The third kappa shape index (κ3) is 3.69. The lowest BCUT2D eigenvalue weighted by molar-refractivity contribution is -0.384. The summed E-state index contributed by atoms with van der Waals surface area (Å²) in [4.78, 5) is 12.6. The highest BCUT2D eigenvalue weighted by Gasteiger charge is 2.22. The topological polar surface area (TPSA) is 66.6 Å². The van der Waals surface area contributed by atoms with E-state index in [0.29, 0.717) is 11.6 Å². The van der Waals surface area contributed by atoms with Gasteiger partial charge in [0.25, 0.3) is 5.69 Å². The molecule has 1 aliphatic heterocycles. The number of hydrogen-bond donors (Lipinski definition) is 1. The van der Waals surface area contributed by atoms with E-state index in [2.05, 4.69) is 4.90 Å². The van der Waals surface area contributed by atoms with Gasteiger partial charge in [-0.15, -0.1) is 0 Å². The van der Waals surface area contributed by atoms with Crippen molar-refractivity contribution in [2.75, 3.05) is 13.2 Å². The molecule has 1 unspecified atom stereocenters. The standard InChI is InChI=1S/C14H19ClN2O3/c15-14-6-5-12(17(19)20)8-11(14)9-16-7-3-1-2-4-13(16)10-18/h5-6,8,13,18H,1-4,7,9-10H2. The van der Waals surface area contributed by atoms with Gasteiger partial charge in [-0.25, -0.2) is 0 Å². The average Bonchev–Trinajstić information content (AvgIpc) is 2.66. The summed E-state index contributed by atoms with van der Waals surface area (Å²) >= 11 is 6.14. The molecule has 1 aliphatic rings. The summed E-state index contributed by atoms with van der Waals surface area (Å²) < 4.78 is 0. The van der Waals surface area contributed by atoms with Gasteiger partial charge in [0.15, 0.2) is 0 Å². The number of benzene rings is 1. The Morgan fingerprint density at radius 3 is 2.90 bits per heavy atom. The number of hydrogen-bond acceptors (Lipinski definition) is 4. The molecule has 0 radical (unpaired) electrons.